The van der Waals surface area contributed by atoms with Gasteiger partial charge in [-0.05, 0) is 30.3 Å². The van der Waals surface area contributed by atoms with Gasteiger partial charge in [0.2, 0.25) is 0 Å². The smallest absolute Gasteiger partial charge is 0.165 e. The van der Waals surface area contributed by atoms with Gasteiger partial charge in [-0.1, -0.05) is 31.2 Å². The molecule has 0 spiro atoms. The summed E-state index contributed by atoms with van der Waals surface area (Å²) in [5, 5.41) is 3.18. The van der Waals surface area contributed by atoms with Crippen LogP contribution in [-0.2, 0) is 13.2 Å². The molecular formula is C17H20FNO2. The summed E-state index contributed by atoms with van der Waals surface area (Å²) in [5.74, 6) is 0.769. The molecule has 0 radical (unpaired) electrons. The van der Waals surface area contributed by atoms with Gasteiger partial charge in [-0.15, -0.1) is 0 Å². The Morgan fingerprint density at radius 3 is 2.52 bits per heavy atom. The largest absolute Gasteiger partial charge is 0.497 e. The Hall–Kier alpha value is -2.07. The number of hydrogen-bond acceptors (Lipinski definition) is 3. The molecule has 112 valence electrons. The molecule has 2 aromatic carbocycles. The zero-order chi connectivity index (χ0) is 15.1. The number of hydrogen-bond donors (Lipinski definition) is 1. The molecule has 0 amide bonds. The second-order valence-corrected chi connectivity index (χ2v) is 4.65. The van der Waals surface area contributed by atoms with Crippen LogP contribution in [0.1, 0.15) is 18.1 Å². The van der Waals surface area contributed by atoms with Crippen molar-refractivity contribution in [1.82, 2.24) is 5.32 Å². The van der Waals surface area contributed by atoms with E-state index < -0.39 is 0 Å². The molecule has 2 aromatic rings. The van der Waals surface area contributed by atoms with E-state index in [9.17, 15) is 4.39 Å². The van der Waals surface area contributed by atoms with Crippen LogP contribution >= 0.6 is 0 Å². The third-order valence-corrected chi connectivity index (χ3v) is 3.16. The molecule has 0 aliphatic rings. The molecular weight excluding hydrogens is 269 g/mol. The van der Waals surface area contributed by atoms with E-state index in [0.29, 0.717) is 18.9 Å². The van der Waals surface area contributed by atoms with Gasteiger partial charge < -0.3 is 14.8 Å². The summed E-state index contributed by atoms with van der Waals surface area (Å²) in [5.41, 5.74) is 1.79. The van der Waals surface area contributed by atoms with Crippen LogP contribution < -0.4 is 14.8 Å². The van der Waals surface area contributed by atoms with Crippen LogP contribution in [-0.4, -0.2) is 13.7 Å². The average molecular weight is 289 g/mol. The van der Waals surface area contributed by atoms with Gasteiger partial charge in [-0.3, -0.25) is 0 Å². The fourth-order valence-electron chi connectivity index (χ4n) is 1.99. The first-order valence-electron chi connectivity index (χ1n) is 6.98. The lowest BCUT2D eigenvalue weighted by molar-refractivity contribution is 0.286. The van der Waals surface area contributed by atoms with Crippen LogP contribution in [0.15, 0.2) is 42.5 Å². The van der Waals surface area contributed by atoms with Crippen LogP contribution in [0.4, 0.5) is 4.39 Å². The Labute approximate surface area is 124 Å². The van der Waals surface area contributed by atoms with Crippen LogP contribution in [0, 0.1) is 5.82 Å². The molecule has 4 heteroatoms. The fourth-order valence-corrected chi connectivity index (χ4v) is 1.99. The van der Waals surface area contributed by atoms with Gasteiger partial charge in [0.15, 0.2) is 11.6 Å². The van der Waals surface area contributed by atoms with Crippen LogP contribution in [0.2, 0.25) is 0 Å². The SMILES string of the molecule is CCNCc1cccc(F)c1OCc1ccc(OC)cc1. The van der Waals surface area contributed by atoms with E-state index >= 15 is 0 Å². The highest BCUT2D eigenvalue weighted by Crippen LogP contribution is 2.24. The van der Waals surface area contributed by atoms with Gasteiger partial charge in [0.05, 0.1) is 7.11 Å². The van der Waals surface area contributed by atoms with Crippen LogP contribution in [0.25, 0.3) is 0 Å². The minimum Gasteiger partial charge on any atom is -0.497 e. The topological polar surface area (TPSA) is 30.5 Å². The highest BCUT2D eigenvalue weighted by Gasteiger charge is 2.09. The first-order valence-corrected chi connectivity index (χ1v) is 6.98. The molecule has 3 nitrogen and oxygen atoms in total. The Kier molecular flexibility index (Phi) is 5.58. The normalized spacial score (nSPS) is 10.4. The summed E-state index contributed by atoms with van der Waals surface area (Å²) < 4.78 is 24.7. The van der Waals surface area contributed by atoms with Gasteiger partial charge in [-0.2, -0.15) is 0 Å². The molecule has 0 atom stereocenters. The zero-order valence-electron chi connectivity index (χ0n) is 12.4. The Morgan fingerprint density at radius 1 is 1.10 bits per heavy atom. The van der Waals surface area contributed by atoms with Crippen molar-refractivity contribution in [2.45, 2.75) is 20.1 Å². The van der Waals surface area contributed by atoms with E-state index in [4.69, 9.17) is 9.47 Å². The summed E-state index contributed by atoms with van der Waals surface area (Å²) in [7, 11) is 1.62. The minimum absolute atomic E-state index is 0.314. The second kappa shape index (κ2) is 7.64. The van der Waals surface area contributed by atoms with Crippen LogP contribution in [0.3, 0.4) is 0 Å². The highest BCUT2D eigenvalue weighted by atomic mass is 19.1. The molecule has 0 saturated carbocycles. The molecule has 0 saturated heterocycles. The standard InChI is InChI=1S/C17H20FNO2/c1-3-19-11-14-5-4-6-16(18)17(14)21-12-13-7-9-15(20-2)10-8-13/h4-10,19H,3,11-12H2,1-2H3. The van der Waals surface area contributed by atoms with E-state index in [2.05, 4.69) is 5.32 Å². The number of rotatable bonds is 7. The van der Waals surface area contributed by atoms with E-state index in [-0.39, 0.29) is 5.82 Å². The lowest BCUT2D eigenvalue weighted by Crippen LogP contribution is -2.13. The average Bonchev–Trinajstić information content (AvgIpc) is 2.52. The number of ether oxygens (including phenoxy) is 2. The number of nitrogens with one attached hydrogen (secondary N) is 1. The van der Waals surface area contributed by atoms with Crippen LogP contribution in [0.5, 0.6) is 11.5 Å². The number of benzene rings is 2. The molecule has 0 heterocycles. The first-order chi connectivity index (χ1) is 10.2. The lowest BCUT2D eigenvalue weighted by atomic mass is 10.2. The summed E-state index contributed by atoms with van der Waals surface area (Å²) in [4.78, 5) is 0. The Morgan fingerprint density at radius 2 is 1.86 bits per heavy atom. The molecule has 0 aliphatic carbocycles. The Balaban J connectivity index is 2.07. The van der Waals surface area contributed by atoms with Gasteiger partial charge >= 0.3 is 0 Å². The fraction of sp³-hybridized carbons (Fsp3) is 0.294. The van der Waals surface area contributed by atoms with E-state index in [0.717, 1.165) is 23.4 Å². The number of halogens is 1. The van der Waals surface area contributed by atoms with Crippen molar-refractivity contribution in [3.63, 3.8) is 0 Å². The molecule has 0 unspecified atom stereocenters. The van der Waals surface area contributed by atoms with Gasteiger partial charge in [0, 0.05) is 12.1 Å². The van der Waals surface area contributed by atoms with E-state index in [1.54, 1.807) is 13.2 Å². The molecule has 1 N–H and O–H groups in total. The summed E-state index contributed by atoms with van der Waals surface area (Å²) in [6.07, 6.45) is 0. The van der Waals surface area contributed by atoms with Crippen molar-refractivity contribution >= 4 is 0 Å². The molecule has 0 aromatic heterocycles. The minimum atomic E-state index is -0.334. The third kappa shape index (κ3) is 4.20. The maximum absolute atomic E-state index is 13.9. The van der Waals surface area contributed by atoms with E-state index in [1.165, 1.54) is 6.07 Å². The zero-order valence-corrected chi connectivity index (χ0v) is 12.4. The van der Waals surface area contributed by atoms with Gasteiger partial charge in [0.1, 0.15) is 12.4 Å². The second-order valence-electron chi connectivity index (χ2n) is 4.65. The van der Waals surface area contributed by atoms with Crippen molar-refractivity contribution in [3.05, 3.63) is 59.4 Å². The summed E-state index contributed by atoms with van der Waals surface area (Å²) in [6, 6.07) is 12.5. The molecule has 21 heavy (non-hydrogen) atoms. The first kappa shape index (κ1) is 15.3. The predicted molar refractivity (Wildman–Crippen MR) is 81.1 cm³/mol. The number of para-hydroxylation sites is 1. The molecule has 0 bridgehead atoms. The van der Waals surface area contributed by atoms with Gasteiger partial charge in [-0.25, -0.2) is 4.39 Å². The lowest BCUT2D eigenvalue weighted by Gasteiger charge is -2.13. The quantitative estimate of drug-likeness (QED) is 0.846. The van der Waals surface area contributed by atoms with Crippen molar-refractivity contribution in [3.8, 4) is 11.5 Å². The summed E-state index contributed by atoms with van der Waals surface area (Å²) >= 11 is 0. The van der Waals surface area contributed by atoms with Crippen molar-refractivity contribution in [1.29, 1.82) is 0 Å². The van der Waals surface area contributed by atoms with Crippen molar-refractivity contribution in [2.75, 3.05) is 13.7 Å². The highest BCUT2D eigenvalue weighted by molar-refractivity contribution is 5.35. The Bertz CT molecular complexity index is 570. The molecule has 2 rings (SSSR count). The maximum atomic E-state index is 13.9. The predicted octanol–water partition coefficient (Wildman–Crippen LogP) is 3.52. The molecule has 0 fully saturated rings. The van der Waals surface area contributed by atoms with Gasteiger partial charge in [0.25, 0.3) is 0 Å². The summed E-state index contributed by atoms with van der Waals surface area (Å²) in [6.45, 7) is 3.75. The van der Waals surface area contributed by atoms with E-state index in [1.807, 2.05) is 37.3 Å². The molecule has 0 aliphatic heterocycles. The van der Waals surface area contributed by atoms with Crippen molar-refractivity contribution < 1.29 is 13.9 Å². The maximum Gasteiger partial charge on any atom is 0.165 e. The van der Waals surface area contributed by atoms with Crippen molar-refractivity contribution in [2.24, 2.45) is 0 Å². The monoisotopic (exact) mass is 289 g/mol. The third-order valence-electron chi connectivity index (χ3n) is 3.16. The number of methoxy groups -OCH3 is 1.